The van der Waals surface area contributed by atoms with Crippen molar-refractivity contribution in [2.45, 2.75) is 127 Å². The van der Waals surface area contributed by atoms with Crippen LogP contribution in [0.2, 0.25) is 0 Å². The molecule has 3 aliphatic heterocycles. The minimum atomic E-state index is -3.02. The first-order valence-electron chi connectivity index (χ1n) is 18.7. The van der Waals surface area contributed by atoms with Gasteiger partial charge in [-0.1, -0.05) is 13.8 Å². The second-order valence-electron chi connectivity index (χ2n) is 16.1. The summed E-state index contributed by atoms with van der Waals surface area (Å²) >= 11 is 0. The maximum atomic E-state index is 14.5. The molecule has 1 spiro atoms. The van der Waals surface area contributed by atoms with Crippen molar-refractivity contribution in [1.82, 2.24) is 9.88 Å². The van der Waals surface area contributed by atoms with E-state index in [1.165, 1.54) is 43.4 Å². The van der Waals surface area contributed by atoms with Crippen LogP contribution in [0.25, 0.3) is 0 Å². The Hall–Kier alpha value is -4.78. The summed E-state index contributed by atoms with van der Waals surface area (Å²) in [5.41, 5.74) is -10.3. The summed E-state index contributed by atoms with van der Waals surface area (Å²) < 4.78 is 36.2. The monoisotopic (exact) mass is 800 g/mol. The molecule has 1 amide bonds. The highest BCUT2D eigenvalue weighted by atomic mass is 16.7. The van der Waals surface area contributed by atoms with Crippen molar-refractivity contribution >= 4 is 41.5 Å². The quantitative estimate of drug-likeness (QED) is 0.270. The lowest BCUT2D eigenvalue weighted by Gasteiger charge is -2.66. The van der Waals surface area contributed by atoms with Crippen LogP contribution in [0.4, 0.5) is 0 Å². The second kappa shape index (κ2) is 14.6. The summed E-state index contributed by atoms with van der Waals surface area (Å²) in [5, 5.41) is 38.7. The zero-order chi connectivity index (χ0) is 42.2. The number of hydrogen-bond acceptors (Lipinski definition) is 17. The first kappa shape index (κ1) is 41.8. The minimum absolute atomic E-state index is 0.00503. The molecular formula is C39H48N2O16. The Bertz CT molecular complexity index is 1930. The Morgan fingerprint density at radius 3 is 2.18 bits per heavy atom. The van der Waals surface area contributed by atoms with E-state index in [0.717, 1.165) is 27.7 Å². The maximum Gasteiger partial charge on any atom is 0.340 e. The number of pyridine rings is 1. The molecule has 310 valence electrons. The van der Waals surface area contributed by atoms with E-state index >= 15 is 0 Å². The highest BCUT2D eigenvalue weighted by Gasteiger charge is 2.91. The number of carbonyl (C=O) groups is 7. The third kappa shape index (κ3) is 6.31. The van der Waals surface area contributed by atoms with Crippen LogP contribution in [-0.2, 0) is 57.2 Å². The Balaban J connectivity index is 1.67. The summed E-state index contributed by atoms with van der Waals surface area (Å²) in [6.45, 7) is 7.95. The lowest BCUT2D eigenvalue weighted by molar-refractivity contribution is -0.391. The fourth-order valence-corrected chi connectivity index (χ4v) is 9.78. The van der Waals surface area contributed by atoms with E-state index in [1.807, 2.05) is 0 Å². The van der Waals surface area contributed by atoms with Gasteiger partial charge in [-0.2, -0.15) is 0 Å². The van der Waals surface area contributed by atoms with Crippen molar-refractivity contribution in [3.05, 3.63) is 41.4 Å². The van der Waals surface area contributed by atoms with E-state index in [1.54, 1.807) is 13.8 Å². The third-order valence-electron chi connectivity index (χ3n) is 12.6. The number of carbonyl (C=O) groups excluding carboxylic acids is 7. The number of aromatic nitrogens is 1. The standard InChI is InChI=1S/C39H48N2O16/c1-17-18(2)28-23(10-9-13-40-28)35(50)52-16-36(6)27-30(53-19(3)42)32(48)38(56-21(5)44)31(47)29(55-34(49)22-11-12-26(46)41(8)15-22)24(14-25(17)45)37(7,51)39(38,57-36)33(27)54-20(4)43/h9-10,13,15,17-18,24,27,29-33,47-48,51H,11-12,14,16H2,1-8H3. The predicted octanol–water partition coefficient (Wildman–Crippen LogP) is 0.424. The van der Waals surface area contributed by atoms with Crippen LogP contribution in [0.5, 0.6) is 0 Å². The van der Waals surface area contributed by atoms with Gasteiger partial charge in [0.05, 0.1) is 22.7 Å². The van der Waals surface area contributed by atoms with Crippen LogP contribution in [-0.4, -0.2) is 133 Å². The molecule has 0 aromatic carbocycles. The van der Waals surface area contributed by atoms with Gasteiger partial charge in [0.15, 0.2) is 5.60 Å². The number of aliphatic hydroxyl groups excluding tert-OH is 2. The molecule has 1 aromatic heterocycles. The molecule has 1 aromatic rings. The van der Waals surface area contributed by atoms with Gasteiger partial charge in [-0.25, -0.2) is 9.59 Å². The lowest BCUT2D eigenvalue weighted by Crippen LogP contribution is -2.90. The van der Waals surface area contributed by atoms with Crippen molar-refractivity contribution in [1.29, 1.82) is 0 Å². The molecule has 2 saturated carbocycles. The number of Topliss-reactive ketones (excluding diaryl/α,β-unsaturated/α-hetero) is 1. The van der Waals surface area contributed by atoms with Crippen LogP contribution in [0.15, 0.2) is 30.1 Å². The number of nitrogens with zero attached hydrogens (tertiary/aromatic N) is 2. The van der Waals surface area contributed by atoms with Crippen LogP contribution in [0, 0.1) is 17.8 Å². The second-order valence-corrected chi connectivity index (χ2v) is 16.1. The highest BCUT2D eigenvalue weighted by molar-refractivity contribution is 5.93. The van der Waals surface area contributed by atoms with Gasteiger partial charge in [0.1, 0.15) is 54.1 Å². The number of cyclic esters (lactones) is 1. The number of fused-ring (bicyclic) bond motifs is 5. The Kier molecular flexibility index (Phi) is 10.7. The molecule has 57 heavy (non-hydrogen) atoms. The van der Waals surface area contributed by atoms with E-state index in [2.05, 4.69) is 4.98 Å². The predicted molar refractivity (Wildman–Crippen MR) is 189 cm³/mol. The Labute approximate surface area is 327 Å². The molecule has 3 fully saturated rings. The van der Waals surface area contributed by atoms with Crippen molar-refractivity contribution < 1.29 is 77.3 Å². The molecule has 2 aliphatic carbocycles. The number of rotatable bonds is 5. The van der Waals surface area contributed by atoms with Crippen molar-refractivity contribution in [3.63, 3.8) is 0 Å². The van der Waals surface area contributed by atoms with Crippen LogP contribution in [0.3, 0.4) is 0 Å². The van der Waals surface area contributed by atoms with Gasteiger partial charge in [0.25, 0.3) is 0 Å². The number of ketones is 1. The molecule has 13 atom stereocenters. The molecule has 1 saturated heterocycles. The molecule has 13 unspecified atom stereocenters. The van der Waals surface area contributed by atoms with Gasteiger partial charge >= 0.3 is 29.8 Å². The van der Waals surface area contributed by atoms with Gasteiger partial charge in [-0.05, 0) is 32.4 Å². The van der Waals surface area contributed by atoms with Gasteiger partial charge in [0, 0.05) is 70.8 Å². The summed E-state index contributed by atoms with van der Waals surface area (Å²) in [7, 11) is 1.42. The van der Waals surface area contributed by atoms with E-state index in [-0.39, 0.29) is 35.6 Å². The van der Waals surface area contributed by atoms with Gasteiger partial charge in [0.2, 0.25) is 11.5 Å². The summed E-state index contributed by atoms with van der Waals surface area (Å²) in [6, 6.07) is 2.95. The van der Waals surface area contributed by atoms with E-state index < -0.39 is 125 Å². The Morgan fingerprint density at radius 1 is 0.912 bits per heavy atom. The molecule has 18 nitrogen and oxygen atoms in total. The average molecular weight is 801 g/mol. The van der Waals surface area contributed by atoms with Crippen molar-refractivity contribution in [2.24, 2.45) is 17.8 Å². The lowest BCUT2D eigenvalue weighted by atomic mass is 9.47. The molecule has 0 radical (unpaired) electrons. The van der Waals surface area contributed by atoms with Gasteiger partial charge in [-0.3, -0.25) is 29.0 Å². The number of hydrogen-bond donors (Lipinski definition) is 3. The maximum absolute atomic E-state index is 14.5. The molecule has 3 N–H and O–H groups in total. The zero-order valence-electron chi connectivity index (χ0n) is 32.9. The van der Waals surface area contributed by atoms with E-state index in [9.17, 15) is 48.9 Å². The SMILES string of the molecule is CC(=O)OC1C2C(OC(C)=O)C34OC2(C)COC(=O)c2cccnc2C(C)C(C)C(=O)CC(C(OC(=O)C2=CN(C)C(=O)CC2)C(O)C3(OC(C)=O)C1O)C4(C)O. The Morgan fingerprint density at radius 2 is 1.56 bits per heavy atom. The van der Waals surface area contributed by atoms with Crippen LogP contribution < -0.4 is 0 Å². The number of ether oxygens (including phenoxy) is 6. The van der Waals surface area contributed by atoms with Crippen LogP contribution in [0.1, 0.15) is 89.7 Å². The summed E-state index contributed by atoms with van der Waals surface area (Å²) in [5.74, 6) is -10.9. The largest absolute Gasteiger partial charge is 0.459 e. The fourth-order valence-electron chi connectivity index (χ4n) is 9.78. The first-order valence-corrected chi connectivity index (χ1v) is 18.7. The van der Waals surface area contributed by atoms with Crippen molar-refractivity contribution in [2.75, 3.05) is 13.7 Å². The number of aliphatic hydroxyl groups is 3. The topological polar surface area (TPSA) is 252 Å². The fraction of sp³-hybridized carbons (Fsp3) is 0.641. The van der Waals surface area contributed by atoms with E-state index in [4.69, 9.17) is 28.4 Å². The molecule has 5 aliphatic rings. The molecule has 4 bridgehead atoms. The smallest absolute Gasteiger partial charge is 0.340 e. The third-order valence-corrected chi connectivity index (χ3v) is 12.6. The van der Waals surface area contributed by atoms with E-state index in [0.29, 0.717) is 0 Å². The number of esters is 5. The molecule has 18 heteroatoms. The average Bonchev–Trinajstić information content (AvgIpc) is 3.36. The normalized spacial score (nSPS) is 40.2. The molecular weight excluding hydrogens is 752 g/mol. The van der Waals surface area contributed by atoms with Gasteiger partial charge in [-0.15, -0.1) is 0 Å². The minimum Gasteiger partial charge on any atom is -0.459 e. The number of amides is 1. The summed E-state index contributed by atoms with van der Waals surface area (Å²) in [4.78, 5) is 99.4. The molecule has 4 heterocycles. The first-order chi connectivity index (χ1) is 26.5. The highest BCUT2D eigenvalue weighted by Crippen LogP contribution is 2.68. The van der Waals surface area contributed by atoms with Gasteiger partial charge < -0.3 is 48.6 Å². The zero-order valence-corrected chi connectivity index (χ0v) is 32.9. The van der Waals surface area contributed by atoms with Crippen molar-refractivity contribution in [3.8, 4) is 0 Å². The molecule has 6 rings (SSSR count). The van der Waals surface area contributed by atoms with Crippen LogP contribution >= 0.6 is 0 Å². The summed E-state index contributed by atoms with van der Waals surface area (Å²) in [6.07, 6.45) is -8.70.